The van der Waals surface area contributed by atoms with Crippen LogP contribution in [-0.2, 0) is 9.53 Å². The Balaban J connectivity index is 1.42. The van der Waals surface area contributed by atoms with Gasteiger partial charge in [0.2, 0.25) is 6.79 Å². The zero-order valence-electron chi connectivity index (χ0n) is 17.1. The Labute approximate surface area is 179 Å². The number of amides is 1. The normalized spacial score (nSPS) is 14.8. The summed E-state index contributed by atoms with van der Waals surface area (Å²) in [6.07, 6.45) is 0. The minimum atomic E-state index is -0.559. The van der Waals surface area contributed by atoms with Gasteiger partial charge < -0.3 is 33.3 Å². The van der Waals surface area contributed by atoms with Gasteiger partial charge in [-0.25, -0.2) is 4.79 Å². The summed E-state index contributed by atoms with van der Waals surface area (Å²) in [5.41, 5.74) is 0.285. The first-order valence-electron chi connectivity index (χ1n) is 10.0. The summed E-state index contributed by atoms with van der Waals surface area (Å²) in [6.45, 7) is 4.35. The smallest absolute Gasteiger partial charge is 0.343 e. The molecule has 9 nitrogen and oxygen atoms in total. The highest BCUT2D eigenvalue weighted by atomic mass is 16.7. The standard InChI is InChI=1S/C22H23NO8/c1-2-27-19-11-15(22(25)31-16-4-6-18-20(12-16)30-14-29-18)3-5-17(19)28-13-21(24)23-7-9-26-10-8-23/h3-6,11-12H,2,7-10,13-14H2,1H3. The average Bonchev–Trinajstić information content (AvgIpc) is 3.26. The van der Waals surface area contributed by atoms with E-state index in [1.54, 1.807) is 35.2 Å². The molecule has 0 unspecified atom stereocenters. The van der Waals surface area contributed by atoms with Crippen molar-refractivity contribution in [2.24, 2.45) is 0 Å². The second-order valence-electron chi connectivity index (χ2n) is 6.78. The van der Waals surface area contributed by atoms with E-state index in [0.717, 1.165) is 0 Å². The Morgan fingerprint density at radius 1 is 0.968 bits per heavy atom. The summed E-state index contributed by atoms with van der Waals surface area (Å²) in [6, 6.07) is 9.59. The van der Waals surface area contributed by atoms with Gasteiger partial charge in [-0.3, -0.25) is 4.79 Å². The van der Waals surface area contributed by atoms with Crippen molar-refractivity contribution in [3.05, 3.63) is 42.0 Å². The van der Waals surface area contributed by atoms with Crippen molar-refractivity contribution in [2.45, 2.75) is 6.92 Å². The number of fused-ring (bicyclic) bond motifs is 1. The predicted octanol–water partition coefficient (Wildman–Crippen LogP) is 2.27. The van der Waals surface area contributed by atoms with Crippen molar-refractivity contribution in [1.29, 1.82) is 0 Å². The Morgan fingerprint density at radius 2 is 1.77 bits per heavy atom. The molecule has 2 aliphatic rings. The lowest BCUT2D eigenvalue weighted by atomic mass is 10.2. The number of benzene rings is 2. The molecule has 1 amide bonds. The van der Waals surface area contributed by atoms with Crippen LogP contribution in [0.4, 0.5) is 0 Å². The Hall–Kier alpha value is -3.46. The molecule has 2 aromatic carbocycles. The molecule has 2 aromatic rings. The Kier molecular flexibility index (Phi) is 6.42. The average molecular weight is 429 g/mol. The SMILES string of the molecule is CCOc1cc(C(=O)Oc2ccc3c(c2)OCO3)ccc1OCC(=O)N1CCOCC1. The van der Waals surface area contributed by atoms with Gasteiger partial charge >= 0.3 is 5.97 Å². The van der Waals surface area contributed by atoms with Crippen LogP contribution >= 0.6 is 0 Å². The molecular formula is C22H23NO8. The summed E-state index contributed by atoms with van der Waals surface area (Å²) in [4.78, 5) is 26.6. The molecule has 0 saturated carbocycles. The lowest BCUT2D eigenvalue weighted by Gasteiger charge is -2.26. The molecule has 0 aliphatic carbocycles. The number of nitrogens with zero attached hydrogens (tertiary/aromatic N) is 1. The van der Waals surface area contributed by atoms with Crippen LogP contribution in [0.5, 0.6) is 28.7 Å². The molecule has 4 rings (SSSR count). The van der Waals surface area contributed by atoms with Gasteiger partial charge in [0.1, 0.15) is 5.75 Å². The maximum Gasteiger partial charge on any atom is 0.343 e. The van der Waals surface area contributed by atoms with Crippen LogP contribution in [0.2, 0.25) is 0 Å². The van der Waals surface area contributed by atoms with Gasteiger partial charge in [0.25, 0.3) is 5.91 Å². The minimum absolute atomic E-state index is 0.124. The first-order chi connectivity index (χ1) is 15.1. The molecule has 2 heterocycles. The first-order valence-corrected chi connectivity index (χ1v) is 10.0. The second kappa shape index (κ2) is 9.57. The number of carbonyl (C=O) groups excluding carboxylic acids is 2. The molecule has 9 heteroatoms. The number of hydrogen-bond acceptors (Lipinski definition) is 8. The van der Waals surface area contributed by atoms with Gasteiger partial charge in [0.15, 0.2) is 29.6 Å². The summed E-state index contributed by atoms with van der Waals surface area (Å²) in [5, 5.41) is 0. The zero-order chi connectivity index (χ0) is 21.6. The molecule has 0 bridgehead atoms. The van der Waals surface area contributed by atoms with E-state index in [2.05, 4.69) is 0 Å². The molecule has 0 aromatic heterocycles. The van der Waals surface area contributed by atoms with Crippen LogP contribution in [0, 0.1) is 0 Å². The van der Waals surface area contributed by atoms with Crippen LogP contribution in [-0.4, -0.2) is 63.1 Å². The van der Waals surface area contributed by atoms with Crippen molar-refractivity contribution in [2.75, 3.05) is 46.3 Å². The van der Waals surface area contributed by atoms with Crippen LogP contribution < -0.4 is 23.7 Å². The van der Waals surface area contributed by atoms with Crippen LogP contribution in [0.3, 0.4) is 0 Å². The lowest BCUT2D eigenvalue weighted by Crippen LogP contribution is -2.43. The van der Waals surface area contributed by atoms with Gasteiger partial charge in [0, 0.05) is 19.2 Å². The van der Waals surface area contributed by atoms with Gasteiger partial charge in [-0.15, -0.1) is 0 Å². The van der Waals surface area contributed by atoms with Gasteiger partial charge in [-0.2, -0.15) is 0 Å². The Morgan fingerprint density at radius 3 is 2.58 bits per heavy atom. The van der Waals surface area contributed by atoms with E-state index < -0.39 is 5.97 Å². The fraction of sp³-hybridized carbons (Fsp3) is 0.364. The van der Waals surface area contributed by atoms with E-state index in [9.17, 15) is 9.59 Å². The van der Waals surface area contributed by atoms with E-state index in [-0.39, 0.29) is 24.9 Å². The molecule has 1 fully saturated rings. The molecule has 0 spiro atoms. The van der Waals surface area contributed by atoms with Crippen LogP contribution in [0.1, 0.15) is 17.3 Å². The molecule has 0 atom stereocenters. The number of morpholine rings is 1. The molecule has 0 radical (unpaired) electrons. The Bertz CT molecular complexity index is 955. The highest BCUT2D eigenvalue weighted by Gasteiger charge is 2.20. The predicted molar refractivity (Wildman–Crippen MR) is 108 cm³/mol. The third-order valence-corrected chi connectivity index (χ3v) is 4.75. The molecular weight excluding hydrogens is 406 g/mol. The maximum absolute atomic E-state index is 12.6. The van der Waals surface area contributed by atoms with Crippen molar-refractivity contribution in [3.63, 3.8) is 0 Å². The van der Waals surface area contributed by atoms with Gasteiger partial charge in [0.05, 0.1) is 25.4 Å². The molecule has 2 aliphatic heterocycles. The number of ether oxygens (including phenoxy) is 6. The van der Waals surface area contributed by atoms with E-state index in [1.165, 1.54) is 6.07 Å². The zero-order valence-corrected chi connectivity index (χ0v) is 17.1. The van der Waals surface area contributed by atoms with Gasteiger partial charge in [-0.05, 0) is 37.3 Å². The fourth-order valence-corrected chi connectivity index (χ4v) is 3.17. The van der Waals surface area contributed by atoms with Crippen molar-refractivity contribution < 1.29 is 38.0 Å². The third kappa shape index (κ3) is 5.00. The van der Waals surface area contributed by atoms with Crippen LogP contribution in [0.15, 0.2) is 36.4 Å². The van der Waals surface area contributed by atoms with Crippen molar-refractivity contribution in [3.8, 4) is 28.7 Å². The van der Waals surface area contributed by atoms with Crippen molar-refractivity contribution >= 4 is 11.9 Å². The summed E-state index contributed by atoms with van der Waals surface area (Å²) in [7, 11) is 0. The molecule has 164 valence electrons. The molecule has 0 N–H and O–H groups in total. The monoisotopic (exact) mass is 429 g/mol. The van der Waals surface area contributed by atoms with E-state index in [0.29, 0.717) is 61.7 Å². The molecule has 1 saturated heterocycles. The molecule has 31 heavy (non-hydrogen) atoms. The first kappa shape index (κ1) is 20.8. The summed E-state index contributed by atoms with van der Waals surface area (Å²) >= 11 is 0. The fourth-order valence-electron chi connectivity index (χ4n) is 3.17. The minimum Gasteiger partial charge on any atom is -0.490 e. The van der Waals surface area contributed by atoms with Gasteiger partial charge in [-0.1, -0.05) is 0 Å². The van der Waals surface area contributed by atoms with Crippen molar-refractivity contribution in [1.82, 2.24) is 4.90 Å². The summed E-state index contributed by atoms with van der Waals surface area (Å²) in [5.74, 6) is 1.51. The van der Waals surface area contributed by atoms with E-state index in [4.69, 9.17) is 28.4 Å². The number of rotatable bonds is 7. The lowest BCUT2D eigenvalue weighted by molar-refractivity contribution is -0.137. The summed E-state index contributed by atoms with van der Waals surface area (Å²) < 4.78 is 32.5. The largest absolute Gasteiger partial charge is 0.490 e. The number of esters is 1. The maximum atomic E-state index is 12.6. The topological polar surface area (TPSA) is 92.8 Å². The van der Waals surface area contributed by atoms with Crippen LogP contribution in [0.25, 0.3) is 0 Å². The highest BCUT2D eigenvalue weighted by molar-refractivity contribution is 5.92. The highest BCUT2D eigenvalue weighted by Crippen LogP contribution is 2.35. The third-order valence-electron chi connectivity index (χ3n) is 4.75. The second-order valence-corrected chi connectivity index (χ2v) is 6.78. The van der Waals surface area contributed by atoms with E-state index in [1.807, 2.05) is 6.92 Å². The van der Waals surface area contributed by atoms with E-state index >= 15 is 0 Å². The quantitative estimate of drug-likeness (QED) is 0.489. The number of hydrogen-bond donors (Lipinski definition) is 0. The number of carbonyl (C=O) groups is 2.